The number of hydrogen-bond acceptors (Lipinski definition) is 4. The Morgan fingerprint density at radius 3 is 2.57 bits per heavy atom. The van der Waals surface area contributed by atoms with Gasteiger partial charge in [0, 0.05) is 28.5 Å². The average Bonchev–Trinajstić information content (AvgIpc) is 3.31. The molecular weight excluding hydrogens is 370 g/mol. The van der Waals surface area contributed by atoms with Crippen molar-refractivity contribution in [1.82, 2.24) is 19.5 Å². The summed E-state index contributed by atoms with van der Waals surface area (Å²) in [5.74, 6) is 0.723. The highest BCUT2D eigenvalue weighted by Gasteiger charge is 2.20. The standard InChI is InChI=1S/C21H23N5OS/c1-12-15(4)28-21-18(12)20(27)24-19(25-21)14(3)23-13(2)16-5-7-17(8-6-16)26-10-9-22-11-26/h5-11,13-14,23H,1-4H3,(H,24,25,27)/p+1/t13-,14-/m0/s1. The highest BCUT2D eigenvalue weighted by atomic mass is 32.1. The highest BCUT2D eigenvalue weighted by Crippen LogP contribution is 2.26. The van der Waals surface area contributed by atoms with Crippen molar-refractivity contribution < 1.29 is 5.32 Å². The number of nitrogens with one attached hydrogen (secondary N) is 1. The number of benzene rings is 1. The van der Waals surface area contributed by atoms with E-state index < -0.39 is 0 Å². The fraction of sp³-hybridized carbons (Fsp3) is 0.286. The molecule has 28 heavy (non-hydrogen) atoms. The minimum atomic E-state index is -0.0422. The molecule has 0 fully saturated rings. The molecule has 7 heteroatoms. The van der Waals surface area contributed by atoms with Gasteiger partial charge in [-0.1, -0.05) is 12.1 Å². The number of rotatable bonds is 5. The predicted molar refractivity (Wildman–Crippen MR) is 112 cm³/mol. The third-order valence-electron chi connectivity index (χ3n) is 5.29. The number of aromatic nitrogens is 4. The fourth-order valence-electron chi connectivity index (χ4n) is 3.48. The second kappa shape index (κ2) is 7.33. The van der Waals surface area contributed by atoms with Gasteiger partial charge in [0.2, 0.25) is 0 Å². The molecule has 4 rings (SSSR count). The molecule has 0 saturated heterocycles. The Labute approximate surface area is 167 Å². The van der Waals surface area contributed by atoms with Crippen molar-refractivity contribution >= 4 is 21.6 Å². The molecule has 0 amide bonds. The van der Waals surface area contributed by atoms with Crippen LogP contribution in [0.5, 0.6) is 0 Å². The largest absolute Gasteiger partial charge is 0.332 e. The van der Waals surface area contributed by atoms with Crippen molar-refractivity contribution in [2.75, 3.05) is 0 Å². The molecular formula is C21H24N5OS+. The summed E-state index contributed by atoms with van der Waals surface area (Å²) in [5.41, 5.74) is 3.30. The van der Waals surface area contributed by atoms with Gasteiger partial charge in [-0.2, -0.15) is 0 Å². The first-order valence-electron chi connectivity index (χ1n) is 9.37. The van der Waals surface area contributed by atoms with Gasteiger partial charge in [-0.25, -0.2) is 9.97 Å². The quantitative estimate of drug-likeness (QED) is 0.546. The lowest BCUT2D eigenvalue weighted by atomic mass is 10.1. The molecule has 0 spiro atoms. The van der Waals surface area contributed by atoms with Crippen molar-refractivity contribution in [2.45, 2.75) is 39.8 Å². The van der Waals surface area contributed by atoms with Gasteiger partial charge in [-0.05, 0) is 45.4 Å². The fourth-order valence-corrected chi connectivity index (χ4v) is 4.52. The number of thiophene rings is 1. The molecule has 0 saturated carbocycles. The number of nitrogens with zero attached hydrogens (tertiary/aromatic N) is 3. The van der Waals surface area contributed by atoms with E-state index in [4.69, 9.17) is 4.98 Å². The summed E-state index contributed by atoms with van der Waals surface area (Å²) < 4.78 is 1.98. The molecule has 0 aliphatic rings. The van der Waals surface area contributed by atoms with Crippen molar-refractivity contribution in [3.05, 3.63) is 75.2 Å². The lowest BCUT2D eigenvalue weighted by Gasteiger charge is -2.17. The van der Waals surface area contributed by atoms with E-state index in [0.717, 1.165) is 32.2 Å². The van der Waals surface area contributed by atoms with Crippen LogP contribution in [0.2, 0.25) is 0 Å². The molecule has 3 N–H and O–H groups in total. The first-order valence-corrected chi connectivity index (χ1v) is 10.2. The van der Waals surface area contributed by atoms with Crippen LogP contribution in [0.4, 0.5) is 0 Å². The summed E-state index contributed by atoms with van der Waals surface area (Å²) >= 11 is 1.59. The smallest absolute Gasteiger partial charge is 0.260 e. The van der Waals surface area contributed by atoms with E-state index in [1.165, 1.54) is 5.56 Å². The lowest BCUT2D eigenvalue weighted by Crippen LogP contribution is -2.85. The van der Waals surface area contributed by atoms with Gasteiger partial charge in [0.1, 0.15) is 16.9 Å². The summed E-state index contributed by atoms with van der Waals surface area (Å²) in [6, 6.07) is 8.73. The highest BCUT2D eigenvalue weighted by molar-refractivity contribution is 7.18. The third kappa shape index (κ3) is 3.39. The Balaban J connectivity index is 1.54. The monoisotopic (exact) mass is 394 g/mol. The maximum absolute atomic E-state index is 12.5. The normalized spacial score (nSPS) is 13.7. The number of H-pyrrole nitrogens is 1. The molecule has 3 aromatic heterocycles. The summed E-state index contributed by atoms with van der Waals surface area (Å²) in [4.78, 5) is 26.3. The average molecular weight is 395 g/mol. The van der Waals surface area contributed by atoms with E-state index in [1.807, 2.05) is 24.6 Å². The number of nitrogens with two attached hydrogens (primary N) is 1. The lowest BCUT2D eigenvalue weighted by molar-refractivity contribution is -0.729. The van der Waals surface area contributed by atoms with E-state index in [-0.39, 0.29) is 17.6 Å². The van der Waals surface area contributed by atoms with Crippen LogP contribution in [0.3, 0.4) is 0 Å². The van der Waals surface area contributed by atoms with Crippen molar-refractivity contribution in [2.24, 2.45) is 0 Å². The van der Waals surface area contributed by atoms with Gasteiger partial charge >= 0.3 is 0 Å². The zero-order valence-corrected chi connectivity index (χ0v) is 17.2. The minimum Gasteiger partial charge on any atom is -0.332 e. The van der Waals surface area contributed by atoms with E-state index >= 15 is 0 Å². The Bertz CT molecular complexity index is 1160. The topological polar surface area (TPSA) is 80.2 Å². The van der Waals surface area contributed by atoms with E-state index in [1.54, 1.807) is 23.9 Å². The second-order valence-electron chi connectivity index (χ2n) is 7.25. The molecule has 1 aromatic carbocycles. The number of hydrogen-bond donors (Lipinski definition) is 2. The number of imidazole rings is 1. The SMILES string of the molecule is Cc1sc2nc([C@H](C)[NH2+][C@@H](C)c3ccc(-n4ccnc4)cc3)[nH]c(=O)c2c1C. The summed E-state index contributed by atoms with van der Waals surface area (Å²) in [6.45, 7) is 8.26. The molecule has 0 radical (unpaired) electrons. The Morgan fingerprint density at radius 1 is 1.14 bits per heavy atom. The Kier molecular flexibility index (Phi) is 4.87. The van der Waals surface area contributed by atoms with E-state index in [0.29, 0.717) is 0 Å². The molecule has 0 unspecified atom stereocenters. The number of quaternary nitrogens is 1. The molecule has 0 aliphatic carbocycles. The van der Waals surface area contributed by atoms with Crippen LogP contribution >= 0.6 is 11.3 Å². The van der Waals surface area contributed by atoms with Gasteiger partial charge in [0.05, 0.1) is 11.7 Å². The molecule has 0 aliphatic heterocycles. The Hall–Kier alpha value is -2.77. The summed E-state index contributed by atoms with van der Waals surface area (Å²) in [5, 5.41) is 2.95. The zero-order chi connectivity index (χ0) is 19.8. The summed E-state index contributed by atoms with van der Waals surface area (Å²) in [7, 11) is 0. The van der Waals surface area contributed by atoms with Gasteiger partial charge in [-0.15, -0.1) is 11.3 Å². The number of fused-ring (bicyclic) bond motifs is 1. The molecule has 3 heterocycles. The van der Waals surface area contributed by atoms with Gasteiger partial charge in [0.15, 0.2) is 5.82 Å². The minimum absolute atomic E-state index is 0.0422. The Morgan fingerprint density at radius 2 is 1.89 bits per heavy atom. The van der Waals surface area contributed by atoms with Crippen LogP contribution in [0.1, 0.15) is 47.8 Å². The van der Waals surface area contributed by atoms with Gasteiger partial charge in [-0.3, -0.25) is 4.79 Å². The van der Waals surface area contributed by atoms with Crippen molar-refractivity contribution in [3.63, 3.8) is 0 Å². The van der Waals surface area contributed by atoms with Crippen LogP contribution < -0.4 is 10.9 Å². The summed E-state index contributed by atoms with van der Waals surface area (Å²) in [6.07, 6.45) is 5.49. The zero-order valence-electron chi connectivity index (χ0n) is 16.4. The molecule has 2 atom stereocenters. The first-order chi connectivity index (χ1) is 13.4. The number of aryl methyl sites for hydroxylation is 2. The molecule has 6 nitrogen and oxygen atoms in total. The van der Waals surface area contributed by atoms with Crippen molar-refractivity contribution in [1.29, 1.82) is 0 Å². The van der Waals surface area contributed by atoms with Crippen LogP contribution in [0, 0.1) is 13.8 Å². The van der Waals surface area contributed by atoms with Crippen LogP contribution in [0.15, 0.2) is 47.8 Å². The molecule has 4 aromatic rings. The van der Waals surface area contributed by atoms with Gasteiger partial charge < -0.3 is 14.9 Å². The third-order valence-corrected chi connectivity index (χ3v) is 6.39. The van der Waals surface area contributed by atoms with Crippen LogP contribution in [0.25, 0.3) is 15.9 Å². The van der Waals surface area contributed by atoms with Crippen molar-refractivity contribution in [3.8, 4) is 5.69 Å². The van der Waals surface area contributed by atoms with E-state index in [2.05, 4.69) is 53.4 Å². The molecule has 0 bridgehead atoms. The molecule has 144 valence electrons. The van der Waals surface area contributed by atoms with Crippen LogP contribution in [-0.4, -0.2) is 19.5 Å². The predicted octanol–water partition coefficient (Wildman–Crippen LogP) is 3.17. The second-order valence-corrected chi connectivity index (χ2v) is 8.45. The first kappa shape index (κ1) is 18.6. The van der Waals surface area contributed by atoms with Gasteiger partial charge in [0.25, 0.3) is 5.56 Å². The number of aromatic amines is 1. The maximum Gasteiger partial charge on any atom is 0.260 e. The van der Waals surface area contributed by atoms with Crippen LogP contribution in [-0.2, 0) is 0 Å². The van der Waals surface area contributed by atoms with E-state index in [9.17, 15) is 4.79 Å². The maximum atomic E-state index is 12.5.